The van der Waals surface area contributed by atoms with Gasteiger partial charge in [0.25, 0.3) is 0 Å². The van der Waals surface area contributed by atoms with Crippen molar-refractivity contribution in [2.45, 2.75) is 6.92 Å². The van der Waals surface area contributed by atoms with Crippen molar-refractivity contribution in [3.8, 4) is 11.4 Å². The highest BCUT2D eigenvalue weighted by atomic mass is 35.5. The van der Waals surface area contributed by atoms with Crippen molar-refractivity contribution in [3.05, 3.63) is 77.1 Å². The van der Waals surface area contributed by atoms with Gasteiger partial charge in [-0.2, -0.15) is 0 Å². The van der Waals surface area contributed by atoms with Crippen molar-refractivity contribution >= 4 is 23.5 Å². The van der Waals surface area contributed by atoms with E-state index in [-0.39, 0.29) is 0 Å². The van der Waals surface area contributed by atoms with E-state index in [1.807, 2.05) is 73.9 Å². The van der Waals surface area contributed by atoms with E-state index in [4.69, 9.17) is 16.3 Å². The molecule has 0 aliphatic carbocycles. The van der Waals surface area contributed by atoms with Crippen LogP contribution in [0.1, 0.15) is 11.3 Å². The Morgan fingerprint density at radius 2 is 1.96 bits per heavy atom. The Labute approximate surface area is 140 Å². The number of aryl methyl sites for hydroxylation is 1. The van der Waals surface area contributed by atoms with Gasteiger partial charge in [-0.25, -0.2) is 0 Å². The van der Waals surface area contributed by atoms with Gasteiger partial charge in [-0.1, -0.05) is 23.7 Å². The monoisotopic (exact) mass is 324 g/mol. The summed E-state index contributed by atoms with van der Waals surface area (Å²) in [6.45, 7) is 1.99. The minimum atomic E-state index is 0.756. The highest BCUT2D eigenvalue weighted by Crippen LogP contribution is 2.22. The average molecular weight is 325 g/mol. The summed E-state index contributed by atoms with van der Waals surface area (Å²) in [5.74, 6) is 0.792. The number of nitrogens with zero attached hydrogens (tertiary/aromatic N) is 2. The smallest absolute Gasteiger partial charge is 0.121 e. The number of rotatable bonds is 4. The van der Waals surface area contributed by atoms with Crippen molar-refractivity contribution < 1.29 is 4.74 Å². The fraction of sp³-hybridized carbons (Fsp3) is 0.105. The van der Waals surface area contributed by atoms with E-state index < -0.39 is 0 Å². The number of hydrogen-bond donors (Lipinski definition) is 0. The van der Waals surface area contributed by atoms with E-state index in [9.17, 15) is 0 Å². The second kappa shape index (κ2) is 6.71. The molecule has 1 heterocycles. The van der Waals surface area contributed by atoms with Gasteiger partial charge in [-0.15, -0.1) is 0 Å². The number of halogens is 1. The topological polar surface area (TPSA) is 26.5 Å². The summed E-state index contributed by atoms with van der Waals surface area (Å²) < 4.78 is 7.27. The molecule has 0 saturated heterocycles. The lowest BCUT2D eigenvalue weighted by atomic mass is 10.2. The van der Waals surface area contributed by atoms with E-state index in [2.05, 4.69) is 9.56 Å². The molecule has 4 heteroatoms. The van der Waals surface area contributed by atoms with E-state index >= 15 is 0 Å². The lowest BCUT2D eigenvalue weighted by Crippen LogP contribution is -1.98. The van der Waals surface area contributed by atoms with Crippen LogP contribution in [0.2, 0.25) is 5.02 Å². The first-order valence-corrected chi connectivity index (χ1v) is 7.67. The number of ether oxygens (including phenoxy) is 1. The van der Waals surface area contributed by atoms with Crippen LogP contribution >= 0.6 is 11.6 Å². The first-order chi connectivity index (χ1) is 11.2. The Hall–Kier alpha value is -2.52. The van der Waals surface area contributed by atoms with Gasteiger partial charge < -0.3 is 9.30 Å². The molecule has 3 aromatic rings. The maximum atomic E-state index is 6.23. The Balaban J connectivity index is 1.91. The predicted molar refractivity (Wildman–Crippen MR) is 95.8 cm³/mol. The van der Waals surface area contributed by atoms with E-state index in [0.29, 0.717) is 0 Å². The molecule has 116 valence electrons. The zero-order valence-electron chi connectivity index (χ0n) is 13.0. The lowest BCUT2D eigenvalue weighted by Gasteiger charge is -2.08. The molecule has 0 radical (unpaired) electrons. The number of hydrogen-bond acceptors (Lipinski definition) is 2. The summed E-state index contributed by atoms with van der Waals surface area (Å²) in [7, 11) is 1.65. The molecule has 0 spiro atoms. The Morgan fingerprint density at radius 1 is 1.09 bits per heavy atom. The van der Waals surface area contributed by atoms with Crippen LogP contribution in [0.25, 0.3) is 5.69 Å². The second-order valence-corrected chi connectivity index (χ2v) is 5.60. The van der Waals surface area contributed by atoms with Gasteiger partial charge in [0.1, 0.15) is 5.75 Å². The summed E-state index contributed by atoms with van der Waals surface area (Å²) in [5.41, 5.74) is 3.90. The molecule has 0 fully saturated rings. The maximum Gasteiger partial charge on any atom is 0.121 e. The first-order valence-electron chi connectivity index (χ1n) is 7.29. The summed E-state index contributed by atoms with van der Waals surface area (Å²) >= 11 is 6.23. The number of benzene rings is 2. The van der Waals surface area contributed by atoms with Gasteiger partial charge in [0, 0.05) is 23.0 Å². The highest BCUT2D eigenvalue weighted by Gasteiger charge is 2.03. The summed E-state index contributed by atoms with van der Waals surface area (Å²) in [6, 6.07) is 17.7. The third-order valence-corrected chi connectivity index (χ3v) is 4.02. The number of aliphatic imine (C=N–C) groups is 1. The molecule has 0 saturated carbocycles. The molecular formula is C19H17ClN2O. The van der Waals surface area contributed by atoms with E-state index in [1.54, 1.807) is 7.11 Å². The molecule has 0 aliphatic rings. The summed E-state index contributed by atoms with van der Waals surface area (Å²) in [4.78, 5) is 4.52. The number of methoxy groups -OCH3 is 1. The van der Waals surface area contributed by atoms with Crippen molar-refractivity contribution in [2.75, 3.05) is 7.11 Å². The first kappa shape index (κ1) is 15.4. The van der Waals surface area contributed by atoms with Gasteiger partial charge >= 0.3 is 0 Å². The summed E-state index contributed by atoms with van der Waals surface area (Å²) in [6.07, 6.45) is 3.83. The molecule has 0 bridgehead atoms. The van der Waals surface area contributed by atoms with Crippen LogP contribution in [0.4, 0.5) is 5.69 Å². The second-order valence-electron chi connectivity index (χ2n) is 5.20. The van der Waals surface area contributed by atoms with Crippen LogP contribution in [0.5, 0.6) is 5.75 Å². The molecule has 0 amide bonds. The molecule has 0 atom stereocenters. The number of aromatic nitrogens is 1. The molecule has 0 unspecified atom stereocenters. The molecular weight excluding hydrogens is 308 g/mol. The SMILES string of the molecule is COc1cccc(N=Cc2cccn2-c2ccc(C)c(Cl)c2)c1. The standard InChI is InChI=1S/C19H17ClN2O/c1-14-8-9-16(12-19(14)20)22-10-4-6-17(22)13-21-15-5-3-7-18(11-15)23-2/h3-13H,1-2H3. The van der Waals surface area contributed by atoms with Crippen molar-refractivity contribution in [3.63, 3.8) is 0 Å². The van der Waals surface area contributed by atoms with Gasteiger partial charge in [0.15, 0.2) is 0 Å². The van der Waals surface area contributed by atoms with Gasteiger partial charge in [0.2, 0.25) is 0 Å². The fourth-order valence-electron chi connectivity index (χ4n) is 2.30. The molecule has 1 aromatic heterocycles. The third-order valence-electron chi connectivity index (χ3n) is 3.61. The minimum absolute atomic E-state index is 0.756. The minimum Gasteiger partial charge on any atom is -0.497 e. The van der Waals surface area contributed by atoms with Crippen LogP contribution in [-0.2, 0) is 0 Å². The Bertz CT molecular complexity index is 852. The summed E-state index contributed by atoms with van der Waals surface area (Å²) in [5, 5.41) is 0.756. The fourth-order valence-corrected chi connectivity index (χ4v) is 2.47. The van der Waals surface area contributed by atoms with Gasteiger partial charge in [-0.3, -0.25) is 4.99 Å². The van der Waals surface area contributed by atoms with Gasteiger partial charge in [0.05, 0.1) is 24.7 Å². The average Bonchev–Trinajstić information content (AvgIpc) is 3.04. The third kappa shape index (κ3) is 3.46. The van der Waals surface area contributed by atoms with Crippen molar-refractivity contribution in [1.29, 1.82) is 0 Å². The largest absolute Gasteiger partial charge is 0.497 e. The molecule has 0 N–H and O–H groups in total. The van der Waals surface area contributed by atoms with E-state index in [1.165, 1.54) is 0 Å². The zero-order valence-corrected chi connectivity index (χ0v) is 13.8. The normalized spacial score (nSPS) is 11.1. The van der Waals surface area contributed by atoms with Crippen LogP contribution in [0, 0.1) is 6.92 Å². The van der Waals surface area contributed by atoms with Crippen LogP contribution in [0.3, 0.4) is 0 Å². The highest BCUT2D eigenvalue weighted by molar-refractivity contribution is 6.31. The van der Waals surface area contributed by atoms with E-state index in [0.717, 1.165) is 33.4 Å². The molecule has 3 rings (SSSR count). The lowest BCUT2D eigenvalue weighted by molar-refractivity contribution is 0.415. The Morgan fingerprint density at radius 3 is 2.74 bits per heavy atom. The quantitative estimate of drug-likeness (QED) is 0.606. The van der Waals surface area contributed by atoms with Crippen LogP contribution in [-0.4, -0.2) is 17.9 Å². The van der Waals surface area contributed by atoms with Crippen molar-refractivity contribution in [1.82, 2.24) is 4.57 Å². The predicted octanol–water partition coefficient (Wildman–Crippen LogP) is 5.20. The van der Waals surface area contributed by atoms with Crippen LogP contribution < -0.4 is 4.74 Å². The molecule has 2 aromatic carbocycles. The van der Waals surface area contributed by atoms with Crippen LogP contribution in [0.15, 0.2) is 65.8 Å². The zero-order chi connectivity index (χ0) is 16.2. The maximum absolute atomic E-state index is 6.23. The Kier molecular flexibility index (Phi) is 4.49. The molecule has 3 nitrogen and oxygen atoms in total. The van der Waals surface area contributed by atoms with Crippen molar-refractivity contribution in [2.24, 2.45) is 4.99 Å². The van der Waals surface area contributed by atoms with Gasteiger partial charge in [-0.05, 0) is 48.9 Å². The molecule has 23 heavy (non-hydrogen) atoms. The molecule has 0 aliphatic heterocycles.